The summed E-state index contributed by atoms with van der Waals surface area (Å²) in [5.74, 6) is 0.888. The molecule has 1 N–H and O–H groups in total. The van der Waals surface area contributed by atoms with E-state index in [0.29, 0.717) is 37.7 Å². The highest BCUT2D eigenvalue weighted by Crippen LogP contribution is 2.23. The molecule has 3 heterocycles. The van der Waals surface area contributed by atoms with Gasteiger partial charge in [-0.15, -0.1) is 0 Å². The van der Waals surface area contributed by atoms with Crippen molar-refractivity contribution < 1.29 is 9.59 Å². The summed E-state index contributed by atoms with van der Waals surface area (Å²) in [5, 5.41) is 7.28. The highest BCUT2D eigenvalue weighted by atomic mass is 16.2. The monoisotopic (exact) mass is 395 g/mol. The lowest BCUT2D eigenvalue weighted by molar-refractivity contribution is -0.119. The maximum atomic E-state index is 12.4. The van der Waals surface area contributed by atoms with Gasteiger partial charge in [0.1, 0.15) is 5.82 Å². The number of anilines is 1. The number of nitrogens with zero attached hydrogens (tertiary/aromatic N) is 4. The molecule has 2 aromatic rings. The number of hydrogen-bond acceptors (Lipinski definition) is 4. The minimum Gasteiger partial charge on any atom is -0.352 e. The van der Waals surface area contributed by atoms with Gasteiger partial charge >= 0.3 is 0 Å². The number of nitrogens with one attached hydrogen (secondary N) is 1. The minimum atomic E-state index is -0.0442. The third kappa shape index (κ3) is 4.50. The van der Waals surface area contributed by atoms with Crippen LogP contribution < -0.4 is 10.2 Å². The van der Waals surface area contributed by atoms with Crippen LogP contribution in [0, 0.1) is 0 Å². The molecular formula is C22H29N5O2. The zero-order valence-corrected chi connectivity index (χ0v) is 17.0. The van der Waals surface area contributed by atoms with Crippen LogP contribution in [0.3, 0.4) is 0 Å². The number of carbonyl (C=O) groups excluding carboxylic acids is 2. The van der Waals surface area contributed by atoms with E-state index in [2.05, 4.69) is 22.2 Å². The summed E-state index contributed by atoms with van der Waals surface area (Å²) in [6, 6.07) is 9.88. The van der Waals surface area contributed by atoms with Crippen LogP contribution >= 0.6 is 0 Å². The van der Waals surface area contributed by atoms with Gasteiger partial charge in [0.05, 0.1) is 19.3 Å². The minimum absolute atomic E-state index is 0.0442. The van der Waals surface area contributed by atoms with Crippen LogP contribution in [0.5, 0.6) is 0 Å². The zero-order chi connectivity index (χ0) is 20.2. The van der Waals surface area contributed by atoms with Crippen LogP contribution in [0.15, 0.2) is 36.5 Å². The molecule has 2 amide bonds. The molecule has 0 spiro atoms. The predicted molar refractivity (Wildman–Crippen MR) is 112 cm³/mol. The Morgan fingerprint density at radius 3 is 2.66 bits per heavy atom. The molecule has 4 rings (SSSR count). The summed E-state index contributed by atoms with van der Waals surface area (Å²) >= 11 is 0. The summed E-state index contributed by atoms with van der Waals surface area (Å²) in [5.41, 5.74) is 1.64. The van der Waals surface area contributed by atoms with Crippen LogP contribution in [0.25, 0.3) is 0 Å². The standard InChI is InChI=1S/C22H29N5O2/c1-17(25-13-2-3-14-25)8-11-23-22(29)19-6-4-18(5-7-19)16-26-20-9-12-24-27(20)15-10-21(26)28/h4-7,9,12,17H,2-3,8,10-11,13-16H2,1H3,(H,23,29)/t17-/m0/s1. The van der Waals surface area contributed by atoms with Crippen LogP contribution in [0.1, 0.15) is 48.5 Å². The Morgan fingerprint density at radius 1 is 1.14 bits per heavy atom. The molecule has 2 aliphatic rings. The van der Waals surface area contributed by atoms with Crippen molar-refractivity contribution in [1.82, 2.24) is 20.0 Å². The van der Waals surface area contributed by atoms with Crippen molar-refractivity contribution >= 4 is 17.6 Å². The number of benzene rings is 1. The number of rotatable bonds is 7. The molecule has 0 aliphatic carbocycles. The van der Waals surface area contributed by atoms with Gasteiger partial charge in [-0.25, -0.2) is 4.68 Å². The van der Waals surface area contributed by atoms with E-state index in [4.69, 9.17) is 0 Å². The SMILES string of the molecule is C[C@@H](CCNC(=O)c1ccc(CN2C(=O)CCn3nccc32)cc1)N1CCCC1. The predicted octanol–water partition coefficient (Wildman–Crippen LogP) is 2.42. The van der Waals surface area contributed by atoms with Gasteiger partial charge in [-0.1, -0.05) is 12.1 Å². The lowest BCUT2D eigenvalue weighted by Gasteiger charge is -2.27. The fraction of sp³-hybridized carbons (Fsp3) is 0.500. The van der Waals surface area contributed by atoms with Gasteiger partial charge in [0.15, 0.2) is 0 Å². The van der Waals surface area contributed by atoms with Gasteiger partial charge < -0.3 is 10.2 Å². The van der Waals surface area contributed by atoms with Crippen molar-refractivity contribution in [1.29, 1.82) is 0 Å². The van der Waals surface area contributed by atoms with Crippen molar-refractivity contribution in [3.8, 4) is 0 Å². The zero-order valence-electron chi connectivity index (χ0n) is 17.0. The number of likely N-dealkylation sites (tertiary alicyclic amines) is 1. The first-order chi connectivity index (χ1) is 14.1. The molecule has 1 aromatic carbocycles. The van der Waals surface area contributed by atoms with Gasteiger partial charge in [-0.05, 0) is 57.0 Å². The van der Waals surface area contributed by atoms with Gasteiger partial charge in [0.25, 0.3) is 5.91 Å². The molecule has 1 aromatic heterocycles. The molecular weight excluding hydrogens is 366 g/mol. The molecule has 0 unspecified atom stereocenters. The van der Waals surface area contributed by atoms with Gasteiger partial charge in [-0.3, -0.25) is 14.5 Å². The Balaban J connectivity index is 1.30. The second kappa shape index (κ2) is 8.78. The third-order valence-electron chi connectivity index (χ3n) is 5.98. The summed E-state index contributed by atoms with van der Waals surface area (Å²) in [7, 11) is 0. The molecule has 2 aliphatic heterocycles. The molecule has 0 radical (unpaired) electrons. The Labute approximate surface area is 171 Å². The molecule has 29 heavy (non-hydrogen) atoms. The van der Waals surface area contributed by atoms with Crippen LogP contribution in [-0.2, 0) is 17.9 Å². The summed E-state index contributed by atoms with van der Waals surface area (Å²) < 4.78 is 1.85. The molecule has 0 bridgehead atoms. The largest absolute Gasteiger partial charge is 0.352 e. The van der Waals surface area contributed by atoms with Crippen LogP contribution in [0.4, 0.5) is 5.82 Å². The van der Waals surface area contributed by atoms with Crippen molar-refractivity contribution in [2.75, 3.05) is 24.5 Å². The fourth-order valence-corrected chi connectivity index (χ4v) is 4.17. The lowest BCUT2D eigenvalue weighted by Crippen LogP contribution is -2.37. The van der Waals surface area contributed by atoms with E-state index in [-0.39, 0.29) is 11.8 Å². The molecule has 7 nitrogen and oxygen atoms in total. The third-order valence-corrected chi connectivity index (χ3v) is 5.98. The molecule has 154 valence electrons. The van der Waals surface area contributed by atoms with Gasteiger partial charge in [-0.2, -0.15) is 5.10 Å². The first-order valence-corrected chi connectivity index (χ1v) is 10.6. The number of fused-ring (bicyclic) bond motifs is 1. The summed E-state index contributed by atoms with van der Waals surface area (Å²) in [6.07, 6.45) is 5.72. The fourth-order valence-electron chi connectivity index (χ4n) is 4.17. The van der Waals surface area contributed by atoms with Crippen LogP contribution in [-0.4, -0.2) is 52.2 Å². The summed E-state index contributed by atoms with van der Waals surface area (Å²) in [6.45, 7) is 6.39. The van der Waals surface area contributed by atoms with Crippen LogP contribution in [0.2, 0.25) is 0 Å². The lowest BCUT2D eigenvalue weighted by atomic mass is 10.1. The van der Waals surface area contributed by atoms with E-state index in [1.165, 1.54) is 25.9 Å². The Kier molecular flexibility index (Phi) is 5.94. The van der Waals surface area contributed by atoms with Crippen molar-refractivity contribution in [2.24, 2.45) is 0 Å². The highest BCUT2D eigenvalue weighted by molar-refractivity contribution is 5.95. The number of aromatic nitrogens is 2. The second-order valence-corrected chi connectivity index (χ2v) is 7.98. The highest BCUT2D eigenvalue weighted by Gasteiger charge is 2.24. The maximum absolute atomic E-state index is 12.4. The van der Waals surface area contributed by atoms with E-state index in [9.17, 15) is 9.59 Å². The molecule has 1 saturated heterocycles. The average Bonchev–Trinajstić information content (AvgIpc) is 3.42. The van der Waals surface area contributed by atoms with Gasteiger partial charge in [0, 0.05) is 30.6 Å². The number of carbonyl (C=O) groups is 2. The summed E-state index contributed by atoms with van der Waals surface area (Å²) in [4.78, 5) is 29.0. The van der Waals surface area contributed by atoms with E-state index in [1.54, 1.807) is 11.1 Å². The average molecular weight is 396 g/mol. The van der Waals surface area contributed by atoms with E-state index in [1.807, 2.05) is 35.0 Å². The van der Waals surface area contributed by atoms with Crippen molar-refractivity contribution in [2.45, 2.75) is 51.7 Å². The molecule has 7 heteroatoms. The molecule has 1 fully saturated rings. The molecule has 1 atom stereocenters. The smallest absolute Gasteiger partial charge is 0.251 e. The van der Waals surface area contributed by atoms with E-state index >= 15 is 0 Å². The normalized spacial score (nSPS) is 18.0. The Bertz CT molecular complexity index is 854. The first-order valence-electron chi connectivity index (χ1n) is 10.6. The quantitative estimate of drug-likeness (QED) is 0.782. The maximum Gasteiger partial charge on any atom is 0.251 e. The Hall–Kier alpha value is -2.67. The van der Waals surface area contributed by atoms with E-state index < -0.39 is 0 Å². The van der Waals surface area contributed by atoms with Crippen molar-refractivity contribution in [3.05, 3.63) is 47.7 Å². The Morgan fingerprint density at radius 2 is 1.90 bits per heavy atom. The molecule has 0 saturated carbocycles. The van der Waals surface area contributed by atoms with Crippen molar-refractivity contribution in [3.63, 3.8) is 0 Å². The number of hydrogen-bond donors (Lipinski definition) is 1. The van der Waals surface area contributed by atoms with Gasteiger partial charge in [0.2, 0.25) is 5.91 Å². The second-order valence-electron chi connectivity index (χ2n) is 7.98. The number of aryl methyl sites for hydroxylation is 1. The number of amides is 2. The van der Waals surface area contributed by atoms with E-state index in [0.717, 1.165) is 17.8 Å². The first kappa shape index (κ1) is 19.6. The topological polar surface area (TPSA) is 70.5 Å².